The van der Waals surface area contributed by atoms with E-state index in [-0.39, 0.29) is 28.3 Å². The fourth-order valence-electron chi connectivity index (χ4n) is 4.49. The highest BCUT2D eigenvalue weighted by Crippen LogP contribution is 2.43. The molecule has 1 unspecified atom stereocenters. The summed E-state index contributed by atoms with van der Waals surface area (Å²) >= 11 is 0. The van der Waals surface area contributed by atoms with E-state index >= 15 is 0 Å². The zero-order chi connectivity index (χ0) is 22.6. The van der Waals surface area contributed by atoms with E-state index in [0.717, 1.165) is 36.9 Å². The average Bonchev–Trinajstić information content (AvgIpc) is 3.58. The van der Waals surface area contributed by atoms with E-state index in [9.17, 15) is 23.5 Å². The van der Waals surface area contributed by atoms with E-state index in [4.69, 9.17) is 4.74 Å². The largest absolute Gasteiger partial charge is 0.477 e. The minimum Gasteiger partial charge on any atom is -0.477 e. The van der Waals surface area contributed by atoms with Crippen LogP contribution in [0.4, 0.5) is 8.78 Å². The van der Waals surface area contributed by atoms with Gasteiger partial charge in [-0.3, -0.25) is 4.79 Å². The Bertz CT molecular complexity index is 1300. The maximum atomic E-state index is 13.5. The highest BCUT2D eigenvalue weighted by molar-refractivity contribution is 5.97. The molecule has 2 aliphatic rings. The van der Waals surface area contributed by atoms with E-state index < -0.39 is 18.0 Å². The van der Waals surface area contributed by atoms with Crippen LogP contribution in [0.2, 0.25) is 0 Å². The van der Waals surface area contributed by atoms with Crippen LogP contribution in [0.25, 0.3) is 22.0 Å². The summed E-state index contributed by atoms with van der Waals surface area (Å²) in [5.74, 6) is -1.44. The van der Waals surface area contributed by atoms with Gasteiger partial charge in [0.05, 0.1) is 10.9 Å². The summed E-state index contributed by atoms with van der Waals surface area (Å²) in [6.45, 7) is -0.262. The summed E-state index contributed by atoms with van der Waals surface area (Å²) in [4.78, 5) is 24.4. The first-order valence-electron chi connectivity index (χ1n) is 10.6. The highest BCUT2D eigenvalue weighted by atomic mass is 19.3. The molecule has 3 aromatic rings. The predicted octanol–water partition coefficient (Wildman–Crippen LogP) is 4.34. The number of nitrogens with one attached hydrogen (secondary N) is 1. The van der Waals surface area contributed by atoms with Gasteiger partial charge in [0.1, 0.15) is 5.56 Å². The van der Waals surface area contributed by atoms with Gasteiger partial charge in [-0.1, -0.05) is 18.2 Å². The number of halogens is 2. The first-order valence-corrected chi connectivity index (χ1v) is 10.6. The minimum absolute atomic E-state index is 0.0538. The number of carboxylic acid groups (broad SMARTS) is 1. The quantitative estimate of drug-likeness (QED) is 0.617. The third-order valence-corrected chi connectivity index (χ3v) is 6.21. The Morgan fingerprint density at radius 1 is 1.22 bits per heavy atom. The molecule has 8 heteroatoms. The third kappa shape index (κ3) is 3.54. The predicted molar refractivity (Wildman–Crippen MR) is 116 cm³/mol. The second-order valence-electron chi connectivity index (χ2n) is 8.50. The normalized spacial score (nSPS) is 18.1. The van der Waals surface area contributed by atoms with Crippen molar-refractivity contribution in [2.45, 2.75) is 51.4 Å². The summed E-state index contributed by atoms with van der Waals surface area (Å²) in [6.07, 6.45) is 3.63. The molecule has 0 bridgehead atoms. The van der Waals surface area contributed by atoms with Crippen LogP contribution in [-0.4, -0.2) is 28.3 Å². The summed E-state index contributed by atoms with van der Waals surface area (Å²) < 4.78 is 33.6. The van der Waals surface area contributed by atoms with E-state index in [1.807, 2.05) is 18.2 Å². The van der Waals surface area contributed by atoms with Gasteiger partial charge < -0.3 is 19.7 Å². The maximum absolute atomic E-state index is 13.5. The van der Waals surface area contributed by atoms with Gasteiger partial charge in [0.15, 0.2) is 5.75 Å². The molecule has 0 saturated heterocycles. The fraction of sp³-hybridized carbons (Fsp3) is 0.333. The molecule has 1 atom stereocenters. The van der Waals surface area contributed by atoms with Crippen molar-refractivity contribution < 1.29 is 23.4 Å². The highest BCUT2D eigenvalue weighted by Gasteiger charge is 2.30. The molecule has 6 nitrogen and oxygen atoms in total. The summed E-state index contributed by atoms with van der Waals surface area (Å²) in [7, 11) is 0. The smallest absolute Gasteiger partial charge is 0.387 e. The minimum atomic E-state index is -3.09. The van der Waals surface area contributed by atoms with Crippen LogP contribution in [0.1, 0.15) is 47.3 Å². The van der Waals surface area contributed by atoms with Crippen LogP contribution in [0.5, 0.6) is 5.75 Å². The lowest BCUT2D eigenvalue weighted by molar-refractivity contribution is -0.0486. The Hall–Kier alpha value is -3.26. The van der Waals surface area contributed by atoms with Crippen molar-refractivity contribution in [3.63, 3.8) is 0 Å². The number of hydrogen-bond acceptors (Lipinski definition) is 4. The molecule has 166 valence electrons. The van der Waals surface area contributed by atoms with Gasteiger partial charge in [-0.2, -0.15) is 8.78 Å². The molecule has 2 N–H and O–H groups in total. The van der Waals surface area contributed by atoms with Crippen LogP contribution < -0.4 is 15.5 Å². The molecule has 2 heterocycles. The molecule has 32 heavy (non-hydrogen) atoms. The number of aromatic carboxylic acids is 1. The number of carboxylic acids is 1. The Kier molecular flexibility index (Phi) is 4.97. The monoisotopic (exact) mass is 440 g/mol. The first-order chi connectivity index (χ1) is 15.3. The van der Waals surface area contributed by atoms with Gasteiger partial charge >= 0.3 is 12.6 Å². The lowest BCUT2D eigenvalue weighted by Gasteiger charge is -2.24. The molecule has 1 aromatic heterocycles. The number of ether oxygens (including phenoxy) is 1. The molecule has 0 amide bonds. The third-order valence-electron chi connectivity index (χ3n) is 6.21. The molecule has 0 radical (unpaired) electrons. The van der Waals surface area contributed by atoms with Crippen LogP contribution in [0, 0.1) is 0 Å². The molecule has 1 saturated carbocycles. The van der Waals surface area contributed by atoms with Crippen molar-refractivity contribution in [1.82, 2.24) is 9.88 Å². The van der Waals surface area contributed by atoms with Crippen LogP contribution >= 0.6 is 0 Å². The second kappa shape index (κ2) is 7.70. The van der Waals surface area contributed by atoms with Gasteiger partial charge in [0.25, 0.3) is 0 Å². The molecule has 5 rings (SSSR count). The van der Waals surface area contributed by atoms with E-state index in [1.54, 1.807) is 10.6 Å². The van der Waals surface area contributed by atoms with Gasteiger partial charge in [-0.25, -0.2) is 4.79 Å². The molecule has 1 fully saturated rings. The molecule has 1 aliphatic heterocycles. The molecule has 0 spiro atoms. The van der Waals surface area contributed by atoms with Crippen molar-refractivity contribution in [2.75, 3.05) is 0 Å². The van der Waals surface area contributed by atoms with E-state index in [2.05, 4.69) is 12.2 Å². The van der Waals surface area contributed by atoms with Crippen molar-refractivity contribution in [3.05, 3.63) is 63.4 Å². The average molecular weight is 440 g/mol. The van der Waals surface area contributed by atoms with Crippen molar-refractivity contribution in [3.8, 4) is 16.9 Å². The number of carbonyl (C=O) groups is 1. The number of rotatable bonds is 5. The molecule has 2 aromatic carbocycles. The second-order valence-corrected chi connectivity index (χ2v) is 8.50. The van der Waals surface area contributed by atoms with Crippen LogP contribution in [0.3, 0.4) is 0 Å². The van der Waals surface area contributed by atoms with Gasteiger partial charge in [-0.05, 0) is 55.0 Å². The Morgan fingerprint density at radius 2 is 2.00 bits per heavy atom. The van der Waals surface area contributed by atoms with Gasteiger partial charge in [0.2, 0.25) is 5.43 Å². The van der Waals surface area contributed by atoms with Crippen molar-refractivity contribution in [1.29, 1.82) is 0 Å². The van der Waals surface area contributed by atoms with E-state index in [1.165, 1.54) is 12.3 Å². The number of alkyl halides is 2. The Balaban J connectivity index is 1.78. The standard InChI is InChI=1S/C24H22F2N2O4/c1-12-8-15-9-13(2-3-14(15)10-27-12)17-6-7-18-20(22(17)32-24(25)26)28(16-4-5-16)11-19(21(18)29)23(30)31/h2-3,6-7,9,11-12,16,24,27H,4-5,8,10H2,1H3,(H,30,31). The Labute approximate surface area is 182 Å². The number of fused-ring (bicyclic) bond motifs is 2. The van der Waals surface area contributed by atoms with Crippen LogP contribution in [0.15, 0.2) is 41.3 Å². The lowest BCUT2D eigenvalue weighted by atomic mass is 9.92. The summed E-state index contributed by atoms with van der Waals surface area (Å²) in [5.41, 5.74) is 2.59. The Morgan fingerprint density at radius 3 is 2.69 bits per heavy atom. The van der Waals surface area contributed by atoms with Crippen molar-refractivity contribution in [2.24, 2.45) is 0 Å². The summed E-state index contributed by atoms with van der Waals surface area (Å²) in [5, 5.41) is 12.9. The van der Waals surface area contributed by atoms with Crippen molar-refractivity contribution >= 4 is 16.9 Å². The molecular formula is C24H22F2N2O4. The van der Waals surface area contributed by atoms with Gasteiger partial charge in [0, 0.05) is 30.4 Å². The number of aromatic nitrogens is 1. The maximum Gasteiger partial charge on any atom is 0.387 e. The lowest BCUT2D eigenvalue weighted by Crippen LogP contribution is -2.32. The van der Waals surface area contributed by atoms with E-state index in [0.29, 0.717) is 17.2 Å². The zero-order valence-corrected chi connectivity index (χ0v) is 17.4. The number of pyridine rings is 1. The topological polar surface area (TPSA) is 80.6 Å². The van der Waals surface area contributed by atoms with Crippen LogP contribution in [-0.2, 0) is 13.0 Å². The van der Waals surface area contributed by atoms with Gasteiger partial charge in [-0.15, -0.1) is 0 Å². The summed E-state index contributed by atoms with van der Waals surface area (Å²) in [6, 6.07) is 9.15. The zero-order valence-electron chi connectivity index (χ0n) is 17.4. The SMILES string of the molecule is CC1Cc2cc(-c3ccc4c(=O)c(C(=O)O)cn(C5CC5)c4c3OC(F)F)ccc2CN1. The molecule has 1 aliphatic carbocycles. The number of benzene rings is 2. The fourth-order valence-corrected chi connectivity index (χ4v) is 4.49. The number of nitrogens with zero attached hydrogens (tertiary/aromatic N) is 1. The molecular weight excluding hydrogens is 418 g/mol. The first kappa shape index (κ1) is 20.6. The number of hydrogen-bond donors (Lipinski definition) is 2.